The quantitative estimate of drug-likeness (QED) is 0.602. The predicted octanol–water partition coefficient (Wildman–Crippen LogP) is 1.47. The van der Waals surface area contributed by atoms with Gasteiger partial charge >= 0.3 is 0 Å². The van der Waals surface area contributed by atoms with Gasteiger partial charge in [-0.15, -0.1) is 11.6 Å². The first-order valence-electron chi connectivity index (χ1n) is 3.24. The maximum atomic E-state index is 5.63. The minimum Gasteiger partial charge on any atom is -0.221 e. The van der Waals surface area contributed by atoms with Gasteiger partial charge in [-0.3, -0.25) is 0 Å². The first-order chi connectivity index (χ1) is 5.40. The van der Waals surface area contributed by atoms with Crippen LogP contribution in [0.15, 0.2) is 24.7 Å². The fraction of sp³-hybridized carbons (Fsp3) is 0.143. The Morgan fingerprint density at radius 2 is 2.36 bits per heavy atom. The van der Waals surface area contributed by atoms with E-state index in [2.05, 4.69) is 10.1 Å². The van der Waals surface area contributed by atoms with Crippen molar-refractivity contribution in [1.29, 1.82) is 0 Å². The Bertz CT molecular complexity index is 368. The molecular weight excluding hydrogens is 162 g/mol. The highest BCUT2D eigenvalue weighted by atomic mass is 35.5. The molecule has 0 aliphatic carbocycles. The summed E-state index contributed by atoms with van der Waals surface area (Å²) in [4.78, 5) is 4.00. The van der Waals surface area contributed by atoms with Crippen molar-refractivity contribution in [3.63, 3.8) is 0 Å². The summed E-state index contributed by atoms with van der Waals surface area (Å²) in [5, 5.41) is 3.97. The second kappa shape index (κ2) is 2.51. The molecule has 0 fully saturated rings. The molecule has 0 aliphatic heterocycles. The normalized spacial score (nSPS) is 10.6. The third-order valence-electron chi connectivity index (χ3n) is 1.49. The van der Waals surface area contributed by atoms with Gasteiger partial charge < -0.3 is 0 Å². The lowest BCUT2D eigenvalue weighted by atomic mass is 10.3. The van der Waals surface area contributed by atoms with E-state index in [0.717, 1.165) is 11.2 Å². The topological polar surface area (TPSA) is 30.2 Å². The van der Waals surface area contributed by atoms with Gasteiger partial charge in [0, 0.05) is 12.1 Å². The SMILES string of the molecule is ClCc1ccc2ncnn2c1. The minimum absolute atomic E-state index is 0.510. The number of halogens is 1. The maximum Gasteiger partial charge on any atom is 0.155 e. The Morgan fingerprint density at radius 3 is 3.18 bits per heavy atom. The third kappa shape index (κ3) is 1.07. The van der Waals surface area contributed by atoms with E-state index in [0.29, 0.717) is 5.88 Å². The molecule has 3 nitrogen and oxygen atoms in total. The standard InChI is InChI=1S/C7H6ClN3/c8-3-6-1-2-7-9-5-10-11(7)4-6/h1-2,4-5H,3H2. The van der Waals surface area contributed by atoms with Crippen LogP contribution in [0.25, 0.3) is 5.65 Å². The molecule has 0 aliphatic rings. The van der Waals surface area contributed by atoms with Crippen LogP contribution in [0.5, 0.6) is 0 Å². The maximum absolute atomic E-state index is 5.63. The number of hydrogen-bond acceptors (Lipinski definition) is 2. The van der Waals surface area contributed by atoms with Crippen LogP contribution in [0.4, 0.5) is 0 Å². The molecule has 0 saturated heterocycles. The number of alkyl halides is 1. The van der Waals surface area contributed by atoms with Crippen LogP contribution in [-0.2, 0) is 5.88 Å². The highest BCUT2D eigenvalue weighted by Gasteiger charge is 1.94. The molecule has 0 aromatic carbocycles. The summed E-state index contributed by atoms with van der Waals surface area (Å²) >= 11 is 5.63. The van der Waals surface area contributed by atoms with Crippen molar-refractivity contribution in [2.75, 3.05) is 0 Å². The zero-order chi connectivity index (χ0) is 7.68. The number of pyridine rings is 1. The van der Waals surface area contributed by atoms with Crippen molar-refractivity contribution in [2.45, 2.75) is 5.88 Å². The van der Waals surface area contributed by atoms with E-state index < -0.39 is 0 Å². The molecule has 0 N–H and O–H groups in total. The monoisotopic (exact) mass is 167 g/mol. The molecule has 56 valence electrons. The zero-order valence-electron chi connectivity index (χ0n) is 5.74. The molecule has 2 aromatic rings. The van der Waals surface area contributed by atoms with E-state index in [-0.39, 0.29) is 0 Å². The van der Waals surface area contributed by atoms with Gasteiger partial charge in [0.2, 0.25) is 0 Å². The molecule has 0 unspecified atom stereocenters. The van der Waals surface area contributed by atoms with E-state index in [1.807, 2.05) is 18.3 Å². The second-order valence-electron chi connectivity index (χ2n) is 2.23. The molecule has 4 heteroatoms. The number of hydrogen-bond donors (Lipinski definition) is 0. The molecule has 0 spiro atoms. The van der Waals surface area contributed by atoms with Crippen molar-refractivity contribution >= 4 is 17.2 Å². The second-order valence-corrected chi connectivity index (χ2v) is 2.50. The molecule has 11 heavy (non-hydrogen) atoms. The van der Waals surface area contributed by atoms with Crippen molar-refractivity contribution in [2.24, 2.45) is 0 Å². The van der Waals surface area contributed by atoms with Gasteiger partial charge in [-0.05, 0) is 11.6 Å². The van der Waals surface area contributed by atoms with Gasteiger partial charge in [-0.25, -0.2) is 9.50 Å². The van der Waals surface area contributed by atoms with Gasteiger partial charge in [-0.2, -0.15) is 5.10 Å². The van der Waals surface area contributed by atoms with Gasteiger partial charge in [0.05, 0.1) is 0 Å². The predicted molar refractivity (Wildman–Crippen MR) is 42.5 cm³/mol. The average molecular weight is 168 g/mol. The smallest absolute Gasteiger partial charge is 0.155 e. The Labute approximate surface area is 68.6 Å². The number of rotatable bonds is 1. The molecule has 0 radical (unpaired) electrons. The van der Waals surface area contributed by atoms with E-state index in [4.69, 9.17) is 11.6 Å². The molecule has 2 aromatic heterocycles. The molecule has 2 heterocycles. The van der Waals surface area contributed by atoms with Crippen LogP contribution in [0.1, 0.15) is 5.56 Å². The van der Waals surface area contributed by atoms with Gasteiger partial charge in [0.1, 0.15) is 6.33 Å². The molecular formula is C7H6ClN3. The molecule has 0 saturated carbocycles. The van der Waals surface area contributed by atoms with Crippen LogP contribution in [-0.4, -0.2) is 14.6 Å². The van der Waals surface area contributed by atoms with E-state index in [9.17, 15) is 0 Å². The van der Waals surface area contributed by atoms with E-state index in [1.54, 1.807) is 4.52 Å². The minimum atomic E-state index is 0.510. The lowest BCUT2D eigenvalue weighted by Crippen LogP contribution is -1.88. The van der Waals surface area contributed by atoms with Crippen LogP contribution in [0.2, 0.25) is 0 Å². The van der Waals surface area contributed by atoms with Crippen molar-refractivity contribution in [3.05, 3.63) is 30.2 Å². The Kier molecular flexibility index (Phi) is 1.51. The number of nitrogens with zero attached hydrogens (tertiary/aromatic N) is 3. The lowest BCUT2D eigenvalue weighted by molar-refractivity contribution is 0.949. The number of aromatic nitrogens is 3. The Morgan fingerprint density at radius 1 is 1.45 bits per heavy atom. The number of fused-ring (bicyclic) bond motifs is 1. The largest absolute Gasteiger partial charge is 0.221 e. The van der Waals surface area contributed by atoms with Crippen LogP contribution in [0, 0.1) is 0 Å². The van der Waals surface area contributed by atoms with Gasteiger partial charge in [-0.1, -0.05) is 6.07 Å². The van der Waals surface area contributed by atoms with Crippen molar-refractivity contribution in [1.82, 2.24) is 14.6 Å². The fourth-order valence-electron chi connectivity index (χ4n) is 0.939. The molecule has 0 atom stereocenters. The highest BCUT2D eigenvalue weighted by Crippen LogP contribution is 2.04. The summed E-state index contributed by atoms with van der Waals surface area (Å²) in [6.45, 7) is 0. The summed E-state index contributed by atoms with van der Waals surface area (Å²) in [5.74, 6) is 0.510. The third-order valence-corrected chi connectivity index (χ3v) is 1.80. The summed E-state index contributed by atoms with van der Waals surface area (Å²) in [6.07, 6.45) is 3.39. The van der Waals surface area contributed by atoms with Crippen molar-refractivity contribution in [3.8, 4) is 0 Å². The fourth-order valence-corrected chi connectivity index (χ4v) is 1.10. The average Bonchev–Trinajstić information content (AvgIpc) is 2.50. The van der Waals surface area contributed by atoms with Crippen molar-refractivity contribution < 1.29 is 0 Å². The first-order valence-corrected chi connectivity index (χ1v) is 3.78. The Hall–Kier alpha value is -1.09. The summed E-state index contributed by atoms with van der Waals surface area (Å²) in [5.41, 5.74) is 1.89. The van der Waals surface area contributed by atoms with E-state index in [1.165, 1.54) is 6.33 Å². The first kappa shape index (κ1) is 6.61. The highest BCUT2D eigenvalue weighted by molar-refractivity contribution is 6.17. The molecule has 0 amide bonds. The van der Waals surface area contributed by atoms with Crippen LogP contribution < -0.4 is 0 Å². The van der Waals surface area contributed by atoms with Crippen LogP contribution in [0.3, 0.4) is 0 Å². The molecule has 0 bridgehead atoms. The lowest BCUT2D eigenvalue weighted by Gasteiger charge is -1.94. The van der Waals surface area contributed by atoms with Gasteiger partial charge in [0.25, 0.3) is 0 Å². The van der Waals surface area contributed by atoms with Crippen LogP contribution >= 0.6 is 11.6 Å². The van der Waals surface area contributed by atoms with Gasteiger partial charge in [0.15, 0.2) is 5.65 Å². The summed E-state index contributed by atoms with van der Waals surface area (Å²) < 4.78 is 1.71. The molecule has 2 rings (SSSR count). The van der Waals surface area contributed by atoms with E-state index >= 15 is 0 Å². The Balaban J connectivity index is 2.67. The summed E-state index contributed by atoms with van der Waals surface area (Å²) in [6, 6.07) is 3.84. The summed E-state index contributed by atoms with van der Waals surface area (Å²) in [7, 11) is 0. The zero-order valence-corrected chi connectivity index (χ0v) is 6.49.